The fourth-order valence-electron chi connectivity index (χ4n) is 2.58. The predicted octanol–water partition coefficient (Wildman–Crippen LogP) is 0.641. The van der Waals surface area contributed by atoms with Crippen LogP contribution in [0, 0.1) is 0 Å². The van der Waals surface area contributed by atoms with Crippen molar-refractivity contribution in [1.29, 1.82) is 0 Å². The third kappa shape index (κ3) is 4.44. The minimum absolute atomic E-state index is 0.0148. The summed E-state index contributed by atoms with van der Waals surface area (Å²) in [6.45, 7) is 1.44. The average molecular weight is 359 g/mol. The van der Waals surface area contributed by atoms with E-state index in [1.807, 2.05) is 30.3 Å². The highest BCUT2D eigenvalue weighted by atomic mass is 16.5. The van der Waals surface area contributed by atoms with Gasteiger partial charge in [0.05, 0.1) is 19.6 Å². The van der Waals surface area contributed by atoms with Gasteiger partial charge in [0.25, 0.3) is 0 Å². The topological polar surface area (TPSA) is 107 Å². The maximum absolute atomic E-state index is 12.6. The van der Waals surface area contributed by atoms with E-state index in [9.17, 15) is 9.59 Å². The van der Waals surface area contributed by atoms with E-state index in [1.165, 1.54) is 4.68 Å². The maximum Gasteiger partial charge on any atom is 0.245 e. The molecule has 0 saturated carbocycles. The lowest BCUT2D eigenvalue weighted by Crippen LogP contribution is -2.39. The third-order valence-corrected chi connectivity index (χ3v) is 3.88. The lowest BCUT2D eigenvalue weighted by atomic mass is 10.1. The molecule has 0 saturated heterocycles. The molecule has 1 aromatic heterocycles. The molecule has 2 N–H and O–H groups in total. The second-order valence-corrected chi connectivity index (χ2v) is 5.81. The summed E-state index contributed by atoms with van der Waals surface area (Å²) >= 11 is 0. The summed E-state index contributed by atoms with van der Waals surface area (Å²) in [5.74, 6) is 0.115. The van der Waals surface area contributed by atoms with Gasteiger partial charge in [0.15, 0.2) is 5.82 Å². The normalized spacial score (nSPS) is 16.0. The largest absolute Gasteiger partial charge is 0.382 e. The number of hydrogen-bond acceptors (Lipinski definition) is 6. The Morgan fingerprint density at radius 1 is 1.35 bits per heavy atom. The molecule has 0 unspecified atom stereocenters. The van der Waals surface area contributed by atoms with Crippen LogP contribution in [0.2, 0.25) is 0 Å². The quantitative estimate of drug-likeness (QED) is 0.670. The molecule has 0 aliphatic carbocycles. The van der Waals surface area contributed by atoms with Crippen LogP contribution < -0.4 is 10.6 Å². The number of ether oxygens (including phenoxy) is 2. The second kappa shape index (κ2) is 8.54. The van der Waals surface area contributed by atoms with Gasteiger partial charge in [0.1, 0.15) is 12.6 Å². The van der Waals surface area contributed by atoms with Gasteiger partial charge >= 0.3 is 0 Å². The molecule has 1 aliphatic rings. The van der Waals surface area contributed by atoms with Crippen molar-refractivity contribution in [2.45, 2.75) is 25.6 Å². The van der Waals surface area contributed by atoms with Crippen LogP contribution in [0.3, 0.4) is 0 Å². The van der Waals surface area contributed by atoms with Gasteiger partial charge in [0, 0.05) is 13.7 Å². The van der Waals surface area contributed by atoms with Gasteiger partial charge in [-0.05, 0) is 5.56 Å². The molecule has 0 bridgehead atoms. The molecule has 9 heteroatoms. The molecule has 2 heterocycles. The first-order valence-corrected chi connectivity index (χ1v) is 8.31. The number of benzene rings is 1. The summed E-state index contributed by atoms with van der Waals surface area (Å²) in [4.78, 5) is 28.7. The van der Waals surface area contributed by atoms with Crippen molar-refractivity contribution >= 4 is 17.8 Å². The Balaban J connectivity index is 1.65. The number of amides is 2. The molecule has 0 spiro atoms. The number of nitrogens with one attached hydrogen (secondary N) is 2. The van der Waals surface area contributed by atoms with Gasteiger partial charge in [-0.3, -0.25) is 14.9 Å². The van der Waals surface area contributed by atoms with Crippen molar-refractivity contribution in [1.82, 2.24) is 20.1 Å². The number of rotatable bonds is 8. The van der Waals surface area contributed by atoms with E-state index in [4.69, 9.17) is 9.47 Å². The van der Waals surface area contributed by atoms with E-state index in [-0.39, 0.29) is 30.8 Å². The van der Waals surface area contributed by atoms with Gasteiger partial charge in [-0.25, -0.2) is 4.68 Å². The smallest absolute Gasteiger partial charge is 0.245 e. The predicted molar refractivity (Wildman–Crippen MR) is 92.1 cm³/mol. The number of hydrogen-bond donors (Lipinski definition) is 2. The lowest BCUT2D eigenvalue weighted by Gasteiger charge is -2.22. The maximum atomic E-state index is 12.6. The van der Waals surface area contributed by atoms with Crippen LogP contribution in [0.4, 0.5) is 5.95 Å². The number of aromatic nitrogens is 3. The third-order valence-electron chi connectivity index (χ3n) is 3.88. The molecule has 138 valence electrons. The van der Waals surface area contributed by atoms with Crippen molar-refractivity contribution in [2.24, 2.45) is 0 Å². The Morgan fingerprint density at radius 2 is 2.15 bits per heavy atom. The molecule has 0 radical (unpaired) electrons. The molecular formula is C17H21N5O4. The van der Waals surface area contributed by atoms with E-state index in [2.05, 4.69) is 20.7 Å². The molecule has 3 rings (SSSR count). The minimum Gasteiger partial charge on any atom is -0.382 e. The summed E-state index contributed by atoms with van der Waals surface area (Å²) in [5, 5.41) is 9.78. The van der Waals surface area contributed by atoms with Crippen molar-refractivity contribution in [3.05, 3.63) is 41.7 Å². The number of fused-ring (bicyclic) bond motifs is 1. The zero-order valence-corrected chi connectivity index (χ0v) is 14.5. The fraction of sp³-hybridized carbons (Fsp3) is 0.412. The van der Waals surface area contributed by atoms with E-state index in [0.29, 0.717) is 25.6 Å². The van der Waals surface area contributed by atoms with Crippen LogP contribution in [0.5, 0.6) is 0 Å². The van der Waals surface area contributed by atoms with Gasteiger partial charge in [0.2, 0.25) is 17.8 Å². The number of methoxy groups -OCH3 is 1. The SMILES string of the molecule is COCCOCc1nc2n(n1)[C@H](C(=O)NCc1ccccc1)CC(=O)N2. The van der Waals surface area contributed by atoms with Gasteiger partial charge in [-0.15, -0.1) is 0 Å². The standard InChI is InChI=1S/C17H21N5O4/c1-25-7-8-26-11-14-19-17-20-15(23)9-13(22(17)21-14)16(24)18-10-12-5-3-2-4-6-12/h2-6,13H,7-11H2,1H3,(H,18,24)(H,19,20,21,23)/t13-/m0/s1. The Hall–Kier alpha value is -2.78. The Morgan fingerprint density at radius 3 is 2.92 bits per heavy atom. The molecule has 2 amide bonds. The number of carbonyl (C=O) groups is 2. The van der Waals surface area contributed by atoms with Crippen molar-refractivity contribution < 1.29 is 19.1 Å². The van der Waals surface area contributed by atoms with E-state index in [0.717, 1.165) is 5.56 Å². The molecular weight excluding hydrogens is 338 g/mol. The molecule has 26 heavy (non-hydrogen) atoms. The zero-order chi connectivity index (χ0) is 18.4. The minimum atomic E-state index is -0.734. The van der Waals surface area contributed by atoms with Crippen LogP contribution >= 0.6 is 0 Å². The highest BCUT2D eigenvalue weighted by molar-refractivity contribution is 5.96. The lowest BCUT2D eigenvalue weighted by molar-refractivity contribution is -0.129. The summed E-state index contributed by atoms with van der Waals surface area (Å²) in [7, 11) is 1.59. The molecule has 1 aliphatic heterocycles. The summed E-state index contributed by atoms with van der Waals surface area (Å²) in [6, 6.07) is 8.83. The summed E-state index contributed by atoms with van der Waals surface area (Å²) in [6.07, 6.45) is 0.0148. The highest BCUT2D eigenvalue weighted by Gasteiger charge is 2.32. The summed E-state index contributed by atoms with van der Waals surface area (Å²) < 4.78 is 11.7. The average Bonchev–Trinajstić information content (AvgIpc) is 3.06. The van der Waals surface area contributed by atoms with Crippen molar-refractivity contribution in [2.75, 3.05) is 25.6 Å². The van der Waals surface area contributed by atoms with Gasteiger partial charge in [-0.2, -0.15) is 10.1 Å². The first-order valence-electron chi connectivity index (χ1n) is 8.31. The highest BCUT2D eigenvalue weighted by Crippen LogP contribution is 2.23. The first kappa shape index (κ1) is 18.0. The Labute approximate surface area is 150 Å². The Kier molecular flexibility index (Phi) is 5.92. The zero-order valence-electron chi connectivity index (χ0n) is 14.5. The second-order valence-electron chi connectivity index (χ2n) is 5.81. The first-order chi connectivity index (χ1) is 12.7. The molecule has 0 fully saturated rings. The van der Waals surface area contributed by atoms with Gasteiger partial charge in [-0.1, -0.05) is 30.3 Å². The molecule has 1 aromatic carbocycles. The number of carbonyl (C=O) groups excluding carboxylic acids is 2. The van der Waals surface area contributed by atoms with Crippen LogP contribution in [0.25, 0.3) is 0 Å². The molecule has 9 nitrogen and oxygen atoms in total. The van der Waals surface area contributed by atoms with E-state index >= 15 is 0 Å². The monoisotopic (exact) mass is 359 g/mol. The summed E-state index contributed by atoms with van der Waals surface area (Å²) in [5.41, 5.74) is 0.979. The molecule has 2 aromatic rings. The van der Waals surface area contributed by atoms with E-state index < -0.39 is 6.04 Å². The molecule has 1 atom stereocenters. The van der Waals surface area contributed by atoms with Crippen molar-refractivity contribution in [3.63, 3.8) is 0 Å². The number of nitrogens with zero attached hydrogens (tertiary/aromatic N) is 3. The fourth-order valence-corrected chi connectivity index (χ4v) is 2.58. The van der Waals surface area contributed by atoms with Crippen molar-refractivity contribution in [3.8, 4) is 0 Å². The Bertz CT molecular complexity index is 762. The van der Waals surface area contributed by atoms with Gasteiger partial charge < -0.3 is 14.8 Å². The van der Waals surface area contributed by atoms with E-state index in [1.54, 1.807) is 7.11 Å². The number of anilines is 1. The van der Waals surface area contributed by atoms with Crippen LogP contribution in [-0.2, 0) is 32.2 Å². The van der Waals surface area contributed by atoms with Crippen LogP contribution in [-0.4, -0.2) is 46.9 Å². The van der Waals surface area contributed by atoms with Crippen LogP contribution in [0.1, 0.15) is 23.9 Å². The van der Waals surface area contributed by atoms with Crippen LogP contribution in [0.15, 0.2) is 30.3 Å².